The average Bonchev–Trinajstić information content (AvgIpc) is 1.86. The molecular formula is C8H13NO. The number of aliphatic imine (C=N–C) groups is 1. The average molecular weight is 139 g/mol. The zero-order chi connectivity index (χ0) is 7.03. The summed E-state index contributed by atoms with van der Waals surface area (Å²) in [7, 11) is 0. The van der Waals surface area contributed by atoms with Gasteiger partial charge in [0.25, 0.3) is 0 Å². The summed E-state index contributed by atoms with van der Waals surface area (Å²) < 4.78 is 5.68. The third-order valence-corrected chi connectivity index (χ3v) is 2.49. The fourth-order valence-corrected chi connectivity index (χ4v) is 1.50. The van der Waals surface area contributed by atoms with Crippen molar-refractivity contribution in [2.45, 2.75) is 31.8 Å². The van der Waals surface area contributed by atoms with E-state index in [1.54, 1.807) is 0 Å². The van der Waals surface area contributed by atoms with Crippen LogP contribution in [0, 0.1) is 0 Å². The third-order valence-electron chi connectivity index (χ3n) is 2.49. The van der Waals surface area contributed by atoms with Crippen LogP contribution in [0.2, 0.25) is 0 Å². The molecule has 0 bridgehead atoms. The van der Waals surface area contributed by atoms with Gasteiger partial charge in [-0.25, -0.2) is 0 Å². The molecule has 0 aromatic carbocycles. The van der Waals surface area contributed by atoms with Crippen molar-refractivity contribution >= 4 is 5.71 Å². The third kappa shape index (κ3) is 0.870. The molecule has 2 heteroatoms. The van der Waals surface area contributed by atoms with E-state index in [0.29, 0.717) is 0 Å². The Balaban J connectivity index is 2.04. The van der Waals surface area contributed by atoms with Crippen LogP contribution in [0.25, 0.3) is 0 Å². The van der Waals surface area contributed by atoms with Gasteiger partial charge in [0.2, 0.25) is 0 Å². The topological polar surface area (TPSA) is 21.6 Å². The zero-order valence-corrected chi connectivity index (χ0v) is 6.39. The highest BCUT2D eigenvalue weighted by Gasteiger charge is 2.39. The molecule has 1 aliphatic carbocycles. The SMILES string of the molecule is CC1=NCC2(CCC2)OC1. The second-order valence-electron chi connectivity index (χ2n) is 3.38. The molecular weight excluding hydrogens is 126 g/mol. The number of rotatable bonds is 0. The Bertz CT molecular complexity index is 170. The van der Waals surface area contributed by atoms with Gasteiger partial charge in [-0.15, -0.1) is 0 Å². The summed E-state index contributed by atoms with van der Waals surface area (Å²) in [5.41, 5.74) is 1.34. The summed E-state index contributed by atoms with van der Waals surface area (Å²) in [4.78, 5) is 4.40. The Labute approximate surface area is 61.3 Å². The Morgan fingerprint density at radius 3 is 2.70 bits per heavy atom. The Kier molecular flexibility index (Phi) is 1.31. The molecule has 0 unspecified atom stereocenters. The van der Waals surface area contributed by atoms with Crippen molar-refractivity contribution in [3.8, 4) is 0 Å². The van der Waals surface area contributed by atoms with Gasteiger partial charge in [-0.2, -0.15) is 0 Å². The van der Waals surface area contributed by atoms with Gasteiger partial charge >= 0.3 is 0 Å². The highest BCUT2D eigenvalue weighted by molar-refractivity contribution is 5.83. The van der Waals surface area contributed by atoms with E-state index in [-0.39, 0.29) is 5.60 Å². The maximum atomic E-state index is 5.68. The van der Waals surface area contributed by atoms with Crippen molar-refractivity contribution in [3.05, 3.63) is 0 Å². The van der Waals surface area contributed by atoms with Gasteiger partial charge in [0.1, 0.15) is 0 Å². The Morgan fingerprint density at radius 1 is 1.50 bits per heavy atom. The van der Waals surface area contributed by atoms with Gasteiger partial charge in [-0.3, -0.25) is 4.99 Å². The lowest BCUT2D eigenvalue weighted by Gasteiger charge is -2.42. The first-order valence-corrected chi connectivity index (χ1v) is 3.95. The van der Waals surface area contributed by atoms with Gasteiger partial charge in [0, 0.05) is 5.71 Å². The van der Waals surface area contributed by atoms with Gasteiger partial charge in [-0.1, -0.05) is 0 Å². The van der Waals surface area contributed by atoms with Gasteiger partial charge < -0.3 is 4.74 Å². The van der Waals surface area contributed by atoms with Gasteiger partial charge in [0.15, 0.2) is 0 Å². The standard InChI is InChI=1S/C8H13NO/c1-7-5-10-8(6-9-7)3-2-4-8/h2-6H2,1H3. The lowest BCUT2D eigenvalue weighted by molar-refractivity contribution is -0.0822. The summed E-state index contributed by atoms with van der Waals surface area (Å²) in [5, 5.41) is 0. The van der Waals surface area contributed by atoms with Crippen LogP contribution >= 0.6 is 0 Å². The van der Waals surface area contributed by atoms with Gasteiger partial charge in [0.05, 0.1) is 18.8 Å². The monoisotopic (exact) mass is 139 g/mol. The summed E-state index contributed by atoms with van der Waals surface area (Å²) >= 11 is 0. The first-order valence-electron chi connectivity index (χ1n) is 3.95. The minimum absolute atomic E-state index is 0.194. The normalized spacial score (nSPS) is 29.5. The summed E-state index contributed by atoms with van der Waals surface area (Å²) in [6.45, 7) is 3.71. The number of nitrogens with zero attached hydrogens (tertiary/aromatic N) is 1. The summed E-state index contributed by atoms with van der Waals surface area (Å²) in [6, 6.07) is 0. The Hall–Kier alpha value is -0.370. The molecule has 2 nitrogen and oxygen atoms in total. The molecule has 10 heavy (non-hydrogen) atoms. The number of hydrogen-bond donors (Lipinski definition) is 0. The first kappa shape index (κ1) is 6.35. The lowest BCUT2D eigenvalue weighted by Crippen LogP contribution is -2.46. The molecule has 2 aliphatic rings. The number of hydrogen-bond acceptors (Lipinski definition) is 2. The number of ether oxygens (including phenoxy) is 1. The first-order chi connectivity index (χ1) is 4.81. The van der Waals surface area contributed by atoms with E-state index in [0.717, 1.165) is 18.9 Å². The van der Waals surface area contributed by atoms with Crippen LogP contribution in [0.1, 0.15) is 26.2 Å². The van der Waals surface area contributed by atoms with Crippen molar-refractivity contribution in [2.75, 3.05) is 13.2 Å². The van der Waals surface area contributed by atoms with Crippen LogP contribution in [0.4, 0.5) is 0 Å². The maximum absolute atomic E-state index is 5.68. The molecule has 1 saturated carbocycles. The van der Waals surface area contributed by atoms with Crippen LogP contribution in [0.15, 0.2) is 4.99 Å². The molecule has 1 heterocycles. The van der Waals surface area contributed by atoms with E-state index in [4.69, 9.17) is 4.74 Å². The van der Waals surface area contributed by atoms with Crippen molar-refractivity contribution in [3.63, 3.8) is 0 Å². The van der Waals surface area contributed by atoms with Gasteiger partial charge in [-0.05, 0) is 26.2 Å². The fraction of sp³-hybridized carbons (Fsp3) is 0.875. The van der Waals surface area contributed by atoms with E-state index in [2.05, 4.69) is 4.99 Å². The second-order valence-corrected chi connectivity index (χ2v) is 3.38. The van der Waals surface area contributed by atoms with Crippen molar-refractivity contribution in [1.82, 2.24) is 0 Å². The van der Waals surface area contributed by atoms with Crippen molar-refractivity contribution < 1.29 is 4.74 Å². The molecule has 0 radical (unpaired) electrons. The van der Waals surface area contributed by atoms with Crippen molar-refractivity contribution in [2.24, 2.45) is 4.99 Å². The molecule has 0 N–H and O–H groups in total. The van der Waals surface area contributed by atoms with Crippen LogP contribution in [-0.2, 0) is 4.74 Å². The van der Waals surface area contributed by atoms with Crippen LogP contribution < -0.4 is 0 Å². The maximum Gasteiger partial charge on any atom is 0.0881 e. The molecule has 1 fully saturated rings. The van der Waals surface area contributed by atoms with E-state index in [1.165, 1.54) is 19.3 Å². The predicted octanol–water partition coefficient (Wildman–Crippen LogP) is 1.40. The molecule has 2 rings (SSSR count). The fourth-order valence-electron chi connectivity index (χ4n) is 1.50. The minimum Gasteiger partial charge on any atom is -0.367 e. The van der Waals surface area contributed by atoms with Crippen molar-refractivity contribution in [1.29, 1.82) is 0 Å². The summed E-state index contributed by atoms with van der Waals surface area (Å²) in [6.07, 6.45) is 3.78. The lowest BCUT2D eigenvalue weighted by atomic mass is 9.79. The molecule has 56 valence electrons. The smallest absolute Gasteiger partial charge is 0.0881 e. The van der Waals surface area contributed by atoms with E-state index >= 15 is 0 Å². The largest absolute Gasteiger partial charge is 0.367 e. The molecule has 0 aromatic heterocycles. The van der Waals surface area contributed by atoms with E-state index in [9.17, 15) is 0 Å². The minimum atomic E-state index is 0.194. The predicted molar refractivity (Wildman–Crippen MR) is 40.5 cm³/mol. The zero-order valence-electron chi connectivity index (χ0n) is 6.39. The molecule has 1 aliphatic heterocycles. The molecule has 0 atom stereocenters. The molecule has 0 aromatic rings. The molecule has 0 amide bonds. The van der Waals surface area contributed by atoms with E-state index in [1.807, 2.05) is 6.92 Å². The van der Waals surface area contributed by atoms with Crippen LogP contribution in [0.5, 0.6) is 0 Å². The molecule has 0 saturated heterocycles. The quantitative estimate of drug-likeness (QED) is 0.497. The molecule has 1 spiro atoms. The summed E-state index contributed by atoms with van der Waals surface area (Å²) in [5.74, 6) is 0. The van der Waals surface area contributed by atoms with Crippen LogP contribution in [-0.4, -0.2) is 24.5 Å². The second kappa shape index (κ2) is 2.06. The highest BCUT2D eigenvalue weighted by atomic mass is 16.5. The highest BCUT2D eigenvalue weighted by Crippen LogP contribution is 2.37. The Morgan fingerprint density at radius 2 is 2.30 bits per heavy atom. The van der Waals surface area contributed by atoms with E-state index < -0.39 is 0 Å². The van der Waals surface area contributed by atoms with Crippen LogP contribution in [0.3, 0.4) is 0 Å².